The van der Waals surface area contributed by atoms with Crippen molar-refractivity contribution >= 4 is 35.6 Å². The highest BCUT2D eigenvalue weighted by Gasteiger charge is 2.26. The molecule has 0 aromatic carbocycles. The quantitative estimate of drug-likeness (QED) is 0.0670. The number of primary amides is 1. The van der Waals surface area contributed by atoms with E-state index in [4.69, 9.17) is 34.5 Å². The molecule has 0 radical (unpaired) electrons. The average Bonchev–Trinajstić information content (AvgIpc) is 2.86. The molecule has 0 heterocycles. The van der Waals surface area contributed by atoms with Crippen LogP contribution in [0.3, 0.4) is 0 Å². The summed E-state index contributed by atoms with van der Waals surface area (Å²) in [5.74, 6) is -4.63. The average molecular weight is 607 g/mol. The second-order valence-electron chi connectivity index (χ2n) is 10.1. The fraction of sp³-hybridized carbons (Fsp3) is 0.769. The molecule has 3 atom stereocenters. The molecule has 0 bridgehead atoms. The zero-order valence-electron chi connectivity index (χ0n) is 25.0. The van der Waals surface area contributed by atoms with Gasteiger partial charge in [-0.05, 0) is 34.6 Å². The largest absolute Gasteiger partial charge is 0.480 e. The van der Waals surface area contributed by atoms with Crippen molar-refractivity contribution in [1.29, 1.82) is 0 Å². The van der Waals surface area contributed by atoms with Gasteiger partial charge in [-0.25, -0.2) is 4.79 Å². The Labute approximate surface area is 245 Å². The number of nitrogens with two attached hydrogens (primary N) is 1. The van der Waals surface area contributed by atoms with Gasteiger partial charge in [-0.3, -0.25) is 24.0 Å². The minimum absolute atomic E-state index is 0.0158. The van der Waals surface area contributed by atoms with E-state index in [-0.39, 0.29) is 45.2 Å². The molecule has 42 heavy (non-hydrogen) atoms. The lowest BCUT2D eigenvalue weighted by atomic mass is 10.1. The molecule has 242 valence electrons. The summed E-state index contributed by atoms with van der Waals surface area (Å²) in [5.41, 5.74) is 4.45. The zero-order chi connectivity index (χ0) is 32.1. The first-order valence-corrected chi connectivity index (χ1v) is 13.6. The Kier molecular flexibility index (Phi) is 19.7. The first-order valence-electron chi connectivity index (χ1n) is 13.6. The summed E-state index contributed by atoms with van der Waals surface area (Å²) in [6, 6.07) is -3.64. The number of nitrogens with one attached hydrogen (secondary N) is 3. The molecule has 0 aliphatic heterocycles. The van der Waals surface area contributed by atoms with Crippen LogP contribution in [0.5, 0.6) is 0 Å². The van der Waals surface area contributed by atoms with Crippen LogP contribution >= 0.6 is 0 Å². The standard InChI is InChI=1S/C26H46N4O12/c1-17(23(34)29-18(2)24(35)30-19(25(36)37)16-20(27)31)28-21(32)6-8-38-10-12-40-14-15-41-13-11-39-9-7-22(33)42-26(3,4)5/h17-19H,6-16H2,1-5H3,(H2,27,31)(H,28,32)(H,29,34)(H,30,35)(H,36,37)/t17-,18-,19-/m0/s1. The number of hydrogen-bond acceptors (Lipinski definition) is 11. The molecule has 16 nitrogen and oxygen atoms in total. The molecule has 4 amide bonds. The predicted molar refractivity (Wildman–Crippen MR) is 147 cm³/mol. The van der Waals surface area contributed by atoms with Crippen LogP contribution in [0.2, 0.25) is 0 Å². The Balaban J connectivity index is 3.85. The van der Waals surface area contributed by atoms with Crippen molar-refractivity contribution < 1.29 is 57.6 Å². The van der Waals surface area contributed by atoms with E-state index in [1.165, 1.54) is 13.8 Å². The molecule has 0 spiro atoms. The smallest absolute Gasteiger partial charge is 0.326 e. The first kappa shape index (κ1) is 38.7. The van der Waals surface area contributed by atoms with Crippen LogP contribution in [-0.4, -0.2) is 117 Å². The van der Waals surface area contributed by atoms with E-state index in [0.717, 1.165) is 0 Å². The number of ether oxygens (including phenoxy) is 5. The van der Waals surface area contributed by atoms with Crippen molar-refractivity contribution in [3.8, 4) is 0 Å². The number of carbonyl (C=O) groups excluding carboxylic acids is 5. The van der Waals surface area contributed by atoms with Crippen LogP contribution in [0, 0.1) is 0 Å². The van der Waals surface area contributed by atoms with E-state index >= 15 is 0 Å². The monoisotopic (exact) mass is 606 g/mol. The second kappa shape index (κ2) is 21.4. The van der Waals surface area contributed by atoms with Gasteiger partial charge in [0.2, 0.25) is 23.6 Å². The highest BCUT2D eigenvalue weighted by Crippen LogP contribution is 2.08. The molecule has 0 aromatic heterocycles. The van der Waals surface area contributed by atoms with Crippen LogP contribution in [-0.2, 0) is 52.5 Å². The second-order valence-corrected chi connectivity index (χ2v) is 10.1. The topological polar surface area (TPSA) is 231 Å². The number of carbonyl (C=O) groups is 6. The SMILES string of the molecule is C[C@H](NC(=O)CCOCCOCCOCCOCCC(=O)OC(C)(C)C)C(=O)N[C@@H](C)C(=O)N[C@@H](CC(N)=O)C(=O)O. The molecule has 0 unspecified atom stereocenters. The molecule has 0 rings (SSSR count). The van der Waals surface area contributed by atoms with Gasteiger partial charge in [0.1, 0.15) is 23.7 Å². The van der Waals surface area contributed by atoms with Gasteiger partial charge in [-0.2, -0.15) is 0 Å². The minimum Gasteiger partial charge on any atom is -0.480 e. The van der Waals surface area contributed by atoms with Gasteiger partial charge < -0.3 is 50.5 Å². The van der Waals surface area contributed by atoms with Crippen molar-refractivity contribution in [2.75, 3.05) is 52.9 Å². The van der Waals surface area contributed by atoms with Gasteiger partial charge >= 0.3 is 11.9 Å². The van der Waals surface area contributed by atoms with Gasteiger partial charge in [0.15, 0.2) is 0 Å². The van der Waals surface area contributed by atoms with Crippen molar-refractivity contribution in [2.45, 2.75) is 77.6 Å². The lowest BCUT2D eigenvalue weighted by Gasteiger charge is -2.20. The lowest BCUT2D eigenvalue weighted by Crippen LogP contribution is -2.54. The van der Waals surface area contributed by atoms with Gasteiger partial charge in [-0.15, -0.1) is 0 Å². The third kappa shape index (κ3) is 21.4. The molecule has 0 saturated carbocycles. The highest BCUT2D eigenvalue weighted by molar-refractivity contribution is 5.94. The van der Waals surface area contributed by atoms with E-state index in [1.807, 2.05) is 0 Å². The Morgan fingerprint density at radius 1 is 0.690 bits per heavy atom. The van der Waals surface area contributed by atoms with Gasteiger partial charge in [0, 0.05) is 6.42 Å². The van der Waals surface area contributed by atoms with Crippen molar-refractivity contribution in [1.82, 2.24) is 16.0 Å². The van der Waals surface area contributed by atoms with Crippen LogP contribution in [0.4, 0.5) is 0 Å². The first-order chi connectivity index (χ1) is 19.6. The summed E-state index contributed by atoms with van der Waals surface area (Å²) >= 11 is 0. The van der Waals surface area contributed by atoms with E-state index in [2.05, 4.69) is 16.0 Å². The van der Waals surface area contributed by atoms with Crippen LogP contribution in [0.1, 0.15) is 53.9 Å². The summed E-state index contributed by atoms with van der Waals surface area (Å²) in [4.78, 5) is 70.1. The Bertz CT molecular complexity index is 878. The molecule has 16 heteroatoms. The molecule has 0 aliphatic carbocycles. The number of amides is 4. The Morgan fingerprint density at radius 3 is 1.57 bits per heavy atom. The molecule has 0 saturated heterocycles. The van der Waals surface area contributed by atoms with Crippen molar-refractivity contribution in [3.05, 3.63) is 0 Å². The molecule has 6 N–H and O–H groups in total. The van der Waals surface area contributed by atoms with E-state index in [0.29, 0.717) is 26.4 Å². The van der Waals surface area contributed by atoms with E-state index in [9.17, 15) is 28.8 Å². The third-order valence-electron chi connectivity index (χ3n) is 5.00. The van der Waals surface area contributed by atoms with Crippen molar-refractivity contribution in [3.63, 3.8) is 0 Å². The van der Waals surface area contributed by atoms with Crippen LogP contribution < -0.4 is 21.7 Å². The third-order valence-corrected chi connectivity index (χ3v) is 5.00. The maximum Gasteiger partial charge on any atom is 0.326 e. The summed E-state index contributed by atoms with van der Waals surface area (Å²) in [5, 5.41) is 16.0. The van der Waals surface area contributed by atoms with E-state index < -0.39 is 59.7 Å². The molecule has 0 fully saturated rings. The fourth-order valence-corrected chi connectivity index (χ4v) is 2.96. The summed E-state index contributed by atoms with van der Waals surface area (Å²) in [7, 11) is 0. The molecular formula is C26H46N4O12. The van der Waals surface area contributed by atoms with Crippen molar-refractivity contribution in [2.24, 2.45) is 5.73 Å². The Hall–Kier alpha value is -3.34. The highest BCUT2D eigenvalue weighted by atomic mass is 16.6. The maximum atomic E-state index is 12.3. The number of aliphatic carboxylic acids is 1. The number of esters is 1. The maximum absolute atomic E-state index is 12.3. The Morgan fingerprint density at radius 2 is 1.12 bits per heavy atom. The number of hydrogen-bond donors (Lipinski definition) is 5. The fourth-order valence-electron chi connectivity index (χ4n) is 2.96. The van der Waals surface area contributed by atoms with E-state index in [1.54, 1.807) is 20.8 Å². The van der Waals surface area contributed by atoms with Gasteiger partial charge in [0.05, 0.1) is 65.7 Å². The van der Waals surface area contributed by atoms with Gasteiger partial charge in [0.25, 0.3) is 0 Å². The van der Waals surface area contributed by atoms with Crippen LogP contribution in [0.25, 0.3) is 0 Å². The minimum atomic E-state index is -1.53. The number of carboxylic acids is 1. The molecule has 0 aromatic rings. The van der Waals surface area contributed by atoms with Gasteiger partial charge in [-0.1, -0.05) is 0 Å². The van der Waals surface area contributed by atoms with Crippen LogP contribution in [0.15, 0.2) is 0 Å². The summed E-state index contributed by atoms with van der Waals surface area (Å²) in [6.07, 6.45) is -0.443. The normalized spacial score (nSPS) is 13.4. The predicted octanol–water partition coefficient (Wildman–Crippen LogP) is -1.37. The molecular weight excluding hydrogens is 560 g/mol. The zero-order valence-corrected chi connectivity index (χ0v) is 25.0. The summed E-state index contributed by atoms with van der Waals surface area (Å²) in [6.45, 7) is 10.4. The number of rotatable bonds is 23. The summed E-state index contributed by atoms with van der Waals surface area (Å²) < 4.78 is 26.5. The molecule has 0 aliphatic rings. The lowest BCUT2D eigenvalue weighted by molar-refractivity contribution is -0.156. The number of carboxylic acid groups (broad SMARTS) is 1.